The van der Waals surface area contributed by atoms with E-state index in [1.54, 1.807) is 6.20 Å². The van der Waals surface area contributed by atoms with Gasteiger partial charge in [0, 0.05) is 25.4 Å². The molecule has 0 atom stereocenters. The van der Waals surface area contributed by atoms with Crippen molar-refractivity contribution in [3.05, 3.63) is 23.5 Å². The molecular formula is C9H10ClN2. The van der Waals surface area contributed by atoms with Crippen LogP contribution in [0.15, 0.2) is 12.3 Å². The molecule has 3 heteroatoms. The first-order valence-corrected chi connectivity index (χ1v) is 4.52. The lowest BCUT2D eigenvalue weighted by atomic mass is 10.4. The lowest BCUT2D eigenvalue weighted by Crippen LogP contribution is -2.18. The number of rotatable bonds is 1. The number of anilines is 1. The lowest BCUT2D eigenvalue weighted by Gasteiger charge is -2.17. The summed E-state index contributed by atoms with van der Waals surface area (Å²) >= 11 is 5.93. The Kier molecular flexibility index (Phi) is 2.17. The summed E-state index contributed by atoms with van der Waals surface area (Å²) in [5.74, 6) is 0. The van der Waals surface area contributed by atoms with E-state index < -0.39 is 0 Å². The Balaban J connectivity index is 2.26. The fourth-order valence-electron chi connectivity index (χ4n) is 1.52. The van der Waals surface area contributed by atoms with E-state index in [2.05, 4.69) is 16.0 Å². The Hall–Kier alpha value is -0.760. The number of hydrogen-bond acceptors (Lipinski definition) is 2. The van der Waals surface area contributed by atoms with Crippen LogP contribution in [0.5, 0.6) is 0 Å². The maximum atomic E-state index is 5.93. The lowest BCUT2D eigenvalue weighted by molar-refractivity contribution is 0.949. The minimum absolute atomic E-state index is 0.593. The van der Waals surface area contributed by atoms with Crippen molar-refractivity contribution in [1.29, 1.82) is 0 Å². The van der Waals surface area contributed by atoms with Gasteiger partial charge in [0.25, 0.3) is 0 Å². The molecule has 1 saturated heterocycles. The van der Waals surface area contributed by atoms with Crippen molar-refractivity contribution in [2.24, 2.45) is 0 Å². The summed E-state index contributed by atoms with van der Waals surface area (Å²) in [6.45, 7) is 2.19. The molecule has 0 N–H and O–H groups in total. The van der Waals surface area contributed by atoms with Gasteiger partial charge in [0.1, 0.15) is 0 Å². The van der Waals surface area contributed by atoms with Gasteiger partial charge in [-0.1, -0.05) is 11.6 Å². The average molecular weight is 182 g/mol. The van der Waals surface area contributed by atoms with Gasteiger partial charge in [-0.15, -0.1) is 0 Å². The van der Waals surface area contributed by atoms with E-state index in [4.69, 9.17) is 11.6 Å². The molecule has 1 aromatic heterocycles. The van der Waals surface area contributed by atoms with Crippen LogP contribution >= 0.6 is 11.6 Å². The SMILES string of the molecule is Clc1nc[c]cc1N1CCCC1. The van der Waals surface area contributed by atoms with E-state index in [9.17, 15) is 0 Å². The van der Waals surface area contributed by atoms with Crippen LogP contribution in [0.3, 0.4) is 0 Å². The molecule has 2 heterocycles. The first-order valence-electron chi connectivity index (χ1n) is 4.14. The molecule has 0 aromatic carbocycles. The molecule has 63 valence electrons. The normalized spacial score (nSPS) is 16.9. The molecule has 0 bridgehead atoms. The molecule has 0 amide bonds. The highest BCUT2D eigenvalue weighted by Gasteiger charge is 2.14. The van der Waals surface area contributed by atoms with E-state index in [0.717, 1.165) is 18.8 Å². The molecule has 1 fully saturated rings. The van der Waals surface area contributed by atoms with Gasteiger partial charge in [-0.25, -0.2) is 4.98 Å². The summed E-state index contributed by atoms with van der Waals surface area (Å²) in [6, 6.07) is 4.84. The monoisotopic (exact) mass is 181 g/mol. The maximum absolute atomic E-state index is 5.93. The minimum Gasteiger partial charge on any atom is -0.369 e. The molecule has 12 heavy (non-hydrogen) atoms. The summed E-state index contributed by atoms with van der Waals surface area (Å²) in [5, 5.41) is 0.593. The Bertz CT molecular complexity index is 269. The summed E-state index contributed by atoms with van der Waals surface area (Å²) in [4.78, 5) is 6.25. The number of hydrogen-bond donors (Lipinski definition) is 0. The quantitative estimate of drug-likeness (QED) is 0.618. The molecule has 1 radical (unpaired) electrons. The number of halogens is 1. The van der Waals surface area contributed by atoms with Crippen molar-refractivity contribution in [1.82, 2.24) is 4.98 Å². The molecule has 1 aliphatic heterocycles. The Morgan fingerprint density at radius 2 is 2.17 bits per heavy atom. The molecule has 0 spiro atoms. The third-order valence-electron chi connectivity index (χ3n) is 2.13. The first kappa shape index (κ1) is 7.87. The van der Waals surface area contributed by atoms with Crippen LogP contribution in [0, 0.1) is 6.07 Å². The molecular weight excluding hydrogens is 172 g/mol. The van der Waals surface area contributed by atoms with Crippen molar-refractivity contribution in [3.8, 4) is 0 Å². The van der Waals surface area contributed by atoms with Gasteiger partial charge in [0.05, 0.1) is 5.69 Å². The second-order valence-electron chi connectivity index (χ2n) is 2.94. The van der Waals surface area contributed by atoms with Gasteiger partial charge < -0.3 is 4.90 Å². The van der Waals surface area contributed by atoms with Gasteiger partial charge in [-0.05, 0) is 18.9 Å². The average Bonchev–Trinajstić information content (AvgIpc) is 2.57. The van der Waals surface area contributed by atoms with E-state index in [0.29, 0.717) is 5.15 Å². The van der Waals surface area contributed by atoms with Gasteiger partial charge in [-0.2, -0.15) is 0 Å². The largest absolute Gasteiger partial charge is 0.369 e. The molecule has 2 rings (SSSR count). The smallest absolute Gasteiger partial charge is 0.152 e. The second kappa shape index (κ2) is 3.31. The first-order chi connectivity index (χ1) is 5.88. The van der Waals surface area contributed by atoms with Crippen molar-refractivity contribution in [3.63, 3.8) is 0 Å². The summed E-state index contributed by atoms with van der Waals surface area (Å²) in [7, 11) is 0. The van der Waals surface area contributed by atoms with E-state index in [1.165, 1.54) is 12.8 Å². The third-order valence-corrected chi connectivity index (χ3v) is 2.42. The predicted octanol–water partition coefficient (Wildman–Crippen LogP) is 2.14. The summed E-state index contributed by atoms with van der Waals surface area (Å²) in [5.41, 5.74) is 1.02. The molecule has 2 nitrogen and oxygen atoms in total. The predicted molar refractivity (Wildman–Crippen MR) is 49.5 cm³/mol. The molecule has 0 unspecified atom stereocenters. The van der Waals surface area contributed by atoms with Crippen LogP contribution in [-0.2, 0) is 0 Å². The van der Waals surface area contributed by atoms with Gasteiger partial charge in [-0.3, -0.25) is 0 Å². The van der Waals surface area contributed by atoms with Gasteiger partial charge >= 0.3 is 0 Å². The van der Waals surface area contributed by atoms with Crippen LogP contribution < -0.4 is 4.90 Å². The van der Waals surface area contributed by atoms with Crippen LogP contribution in [-0.4, -0.2) is 18.1 Å². The highest BCUT2D eigenvalue weighted by atomic mass is 35.5. The van der Waals surface area contributed by atoms with Crippen molar-refractivity contribution < 1.29 is 0 Å². The fourth-order valence-corrected chi connectivity index (χ4v) is 1.74. The summed E-state index contributed by atoms with van der Waals surface area (Å²) in [6.07, 6.45) is 4.11. The molecule has 1 aromatic rings. The minimum atomic E-state index is 0.593. The fraction of sp³-hybridized carbons (Fsp3) is 0.444. The van der Waals surface area contributed by atoms with E-state index in [-0.39, 0.29) is 0 Å². The number of nitrogens with zero attached hydrogens (tertiary/aromatic N) is 2. The zero-order chi connectivity index (χ0) is 8.39. The Morgan fingerprint density at radius 3 is 2.83 bits per heavy atom. The maximum Gasteiger partial charge on any atom is 0.152 e. The number of aromatic nitrogens is 1. The van der Waals surface area contributed by atoms with E-state index >= 15 is 0 Å². The zero-order valence-corrected chi connectivity index (χ0v) is 7.51. The van der Waals surface area contributed by atoms with Gasteiger partial charge in [0.2, 0.25) is 0 Å². The Morgan fingerprint density at radius 1 is 1.42 bits per heavy atom. The Labute approximate surface area is 77.2 Å². The van der Waals surface area contributed by atoms with Crippen LogP contribution in [0.4, 0.5) is 5.69 Å². The highest BCUT2D eigenvalue weighted by Crippen LogP contribution is 2.25. The topological polar surface area (TPSA) is 16.1 Å². The molecule has 0 aliphatic carbocycles. The standard InChI is InChI=1S/C9H10ClN2/c10-9-8(4-3-5-11-9)12-6-1-2-7-12/h4-5H,1-2,6-7H2. The summed E-state index contributed by atoms with van der Waals surface area (Å²) < 4.78 is 0. The van der Waals surface area contributed by atoms with Crippen LogP contribution in [0.25, 0.3) is 0 Å². The van der Waals surface area contributed by atoms with Crippen molar-refractivity contribution in [2.75, 3.05) is 18.0 Å². The number of pyridine rings is 1. The molecule has 1 aliphatic rings. The zero-order valence-electron chi connectivity index (χ0n) is 6.76. The van der Waals surface area contributed by atoms with Crippen LogP contribution in [0.2, 0.25) is 5.15 Å². The van der Waals surface area contributed by atoms with Gasteiger partial charge in [0.15, 0.2) is 5.15 Å². The third kappa shape index (κ3) is 1.39. The van der Waals surface area contributed by atoms with Crippen molar-refractivity contribution in [2.45, 2.75) is 12.8 Å². The van der Waals surface area contributed by atoms with Crippen molar-refractivity contribution >= 4 is 17.3 Å². The van der Waals surface area contributed by atoms with E-state index in [1.807, 2.05) is 6.07 Å². The highest BCUT2D eigenvalue weighted by molar-refractivity contribution is 6.32. The second-order valence-corrected chi connectivity index (χ2v) is 3.30. The molecule has 0 saturated carbocycles. The van der Waals surface area contributed by atoms with Crippen LogP contribution in [0.1, 0.15) is 12.8 Å².